The van der Waals surface area contributed by atoms with Crippen molar-refractivity contribution in [1.82, 2.24) is 24.8 Å². The number of nitrogens with zero attached hydrogens (tertiary/aromatic N) is 5. The lowest BCUT2D eigenvalue weighted by Gasteiger charge is -2.24. The Morgan fingerprint density at radius 1 is 1.14 bits per heavy atom. The van der Waals surface area contributed by atoms with Crippen LogP contribution in [-0.4, -0.2) is 68.9 Å². The van der Waals surface area contributed by atoms with E-state index in [0.29, 0.717) is 10.9 Å². The minimum Gasteiger partial charge on any atom is -0.410 e. The van der Waals surface area contributed by atoms with Gasteiger partial charge in [-0.2, -0.15) is 0 Å². The topological polar surface area (TPSA) is 127 Å². The fraction of sp³-hybridized carbons (Fsp3) is 0.267. The number of ether oxygens (including phenoxy) is 1. The zero-order valence-corrected chi connectivity index (χ0v) is 24.4. The van der Waals surface area contributed by atoms with E-state index in [1.54, 1.807) is 12.1 Å². The number of amides is 3. The third-order valence-corrected chi connectivity index (χ3v) is 7.52. The summed E-state index contributed by atoms with van der Waals surface area (Å²) in [6.45, 7) is 0.583. The van der Waals surface area contributed by atoms with Gasteiger partial charge in [0.15, 0.2) is 5.78 Å². The molecule has 1 fully saturated rings. The molecule has 5 rings (SSSR count). The Morgan fingerprint density at radius 2 is 1.89 bits per heavy atom. The predicted octanol–water partition coefficient (Wildman–Crippen LogP) is 4.32. The zero-order valence-electron chi connectivity index (χ0n) is 23.7. The van der Waals surface area contributed by atoms with Crippen molar-refractivity contribution in [3.63, 3.8) is 0 Å². The number of carbonyl (C=O) groups is 4. The van der Waals surface area contributed by atoms with E-state index in [2.05, 4.69) is 15.3 Å². The molecule has 2 aromatic carbocycles. The second-order valence-electron chi connectivity index (χ2n) is 10.2. The van der Waals surface area contributed by atoms with Crippen molar-refractivity contribution in [2.45, 2.75) is 38.6 Å². The third kappa shape index (κ3) is 6.37. The number of rotatable bonds is 8. The van der Waals surface area contributed by atoms with Crippen molar-refractivity contribution < 1.29 is 32.7 Å². The normalized spacial score (nSPS) is 16.2. The number of hydrogen-bond acceptors (Lipinski definition) is 7. The summed E-state index contributed by atoms with van der Waals surface area (Å²) in [5, 5.41) is 2.90. The number of likely N-dealkylation sites (tertiary alicyclic amines) is 1. The van der Waals surface area contributed by atoms with Crippen molar-refractivity contribution >= 4 is 52.1 Å². The molecule has 11 nitrogen and oxygen atoms in total. The summed E-state index contributed by atoms with van der Waals surface area (Å²) < 4.78 is 35.7. The number of ketones is 1. The van der Waals surface area contributed by atoms with Gasteiger partial charge in [-0.15, -0.1) is 0 Å². The van der Waals surface area contributed by atoms with Crippen LogP contribution in [0.5, 0.6) is 5.75 Å². The summed E-state index contributed by atoms with van der Waals surface area (Å²) in [5.41, 5.74) is 0.906. The quantitative estimate of drug-likeness (QED) is 0.289. The second kappa shape index (κ2) is 12.8. The van der Waals surface area contributed by atoms with E-state index in [-0.39, 0.29) is 59.7 Å². The Hall–Kier alpha value is -4.91. The smallest absolute Gasteiger partial charge is 0.410 e. The van der Waals surface area contributed by atoms with Crippen LogP contribution >= 0.6 is 11.6 Å². The first-order valence-electron chi connectivity index (χ1n) is 13.5. The molecule has 3 amide bonds. The lowest BCUT2D eigenvalue weighted by molar-refractivity contribution is -0.139. The van der Waals surface area contributed by atoms with Gasteiger partial charge < -0.3 is 19.5 Å². The largest absolute Gasteiger partial charge is 0.421 e. The molecule has 228 valence electrons. The molecule has 1 saturated heterocycles. The molecular formula is C30H27ClF2N6O5. The molecule has 14 heteroatoms. The van der Waals surface area contributed by atoms with Crippen LogP contribution in [0.3, 0.4) is 0 Å². The van der Waals surface area contributed by atoms with Gasteiger partial charge in [-0.05, 0) is 37.3 Å². The highest BCUT2D eigenvalue weighted by Crippen LogP contribution is 2.29. The third-order valence-electron chi connectivity index (χ3n) is 7.23. The second-order valence-corrected chi connectivity index (χ2v) is 10.6. The van der Waals surface area contributed by atoms with Gasteiger partial charge in [-0.3, -0.25) is 14.4 Å². The van der Waals surface area contributed by atoms with Gasteiger partial charge in [0.25, 0.3) is 0 Å². The van der Waals surface area contributed by atoms with Gasteiger partial charge in [0.05, 0.1) is 11.6 Å². The Kier molecular flexibility index (Phi) is 8.86. The first-order chi connectivity index (χ1) is 21.0. The molecule has 0 radical (unpaired) electrons. The Balaban J connectivity index is 1.32. The molecule has 0 unspecified atom stereocenters. The van der Waals surface area contributed by atoms with Gasteiger partial charge in [0.2, 0.25) is 17.8 Å². The highest BCUT2D eigenvalue weighted by molar-refractivity contribution is 6.30. The van der Waals surface area contributed by atoms with Crippen molar-refractivity contribution in [3.8, 4) is 5.75 Å². The van der Waals surface area contributed by atoms with Crippen LogP contribution in [0.2, 0.25) is 5.02 Å². The summed E-state index contributed by atoms with van der Waals surface area (Å²) in [6, 6.07) is 9.47. The summed E-state index contributed by atoms with van der Waals surface area (Å²) in [7, 11) is 1.45. The van der Waals surface area contributed by atoms with Crippen LogP contribution in [-0.2, 0) is 22.7 Å². The molecule has 44 heavy (non-hydrogen) atoms. The number of carbonyl (C=O) groups excluding carboxylic acids is 4. The van der Waals surface area contributed by atoms with Crippen LogP contribution in [0.1, 0.15) is 29.3 Å². The van der Waals surface area contributed by atoms with Crippen LogP contribution < -0.4 is 15.0 Å². The highest BCUT2D eigenvalue weighted by Gasteiger charge is 2.40. The minimum absolute atomic E-state index is 0.0958. The summed E-state index contributed by atoms with van der Waals surface area (Å²) in [5.74, 6) is -1.87. The maximum Gasteiger partial charge on any atom is 0.421 e. The maximum absolute atomic E-state index is 14.5. The lowest BCUT2D eigenvalue weighted by Crippen LogP contribution is -2.46. The highest BCUT2D eigenvalue weighted by atomic mass is 35.5. The van der Waals surface area contributed by atoms with E-state index < -0.39 is 35.9 Å². The zero-order chi connectivity index (χ0) is 31.5. The average molecular weight is 625 g/mol. The molecule has 1 N–H and O–H groups in total. The number of fused-ring (bicyclic) bond motifs is 1. The van der Waals surface area contributed by atoms with Crippen molar-refractivity contribution in [2.75, 3.05) is 18.5 Å². The first-order valence-corrected chi connectivity index (χ1v) is 13.9. The maximum atomic E-state index is 14.5. The van der Waals surface area contributed by atoms with Gasteiger partial charge in [-0.1, -0.05) is 23.7 Å². The van der Waals surface area contributed by atoms with Crippen LogP contribution in [0.15, 0.2) is 61.1 Å². The molecule has 0 aliphatic carbocycles. The first kappa shape index (κ1) is 30.5. The molecule has 3 heterocycles. The SMILES string of the molecule is CC(=O)c1cn(CC(=O)N2C[C@H](F)C[C@H]2C(=O)NCc2cccc(Cl)c2F)c2ccc(OC(=O)N(C)c3ncccn3)cc12. The molecule has 2 aromatic heterocycles. The van der Waals surface area contributed by atoms with Crippen molar-refractivity contribution in [1.29, 1.82) is 0 Å². The van der Waals surface area contributed by atoms with Gasteiger partial charge in [0.1, 0.15) is 30.3 Å². The number of nitrogens with one attached hydrogen (secondary N) is 1. The van der Waals surface area contributed by atoms with Gasteiger partial charge in [0, 0.05) is 60.6 Å². The van der Waals surface area contributed by atoms with Crippen LogP contribution in [0.4, 0.5) is 19.5 Å². The van der Waals surface area contributed by atoms with E-state index in [1.165, 1.54) is 67.5 Å². The number of alkyl halides is 1. The molecule has 0 saturated carbocycles. The Morgan fingerprint density at radius 3 is 2.61 bits per heavy atom. The molecule has 2 atom stereocenters. The number of hydrogen-bond donors (Lipinski definition) is 1. The van der Waals surface area contributed by atoms with E-state index >= 15 is 0 Å². The summed E-state index contributed by atoms with van der Waals surface area (Å²) in [4.78, 5) is 61.8. The van der Waals surface area contributed by atoms with Crippen LogP contribution in [0.25, 0.3) is 10.9 Å². The Labute approximate surface area is 255 Å². The van der Waals surface area contributed by atoms with E-state index in [1.807, 2.05) is 0 Å². The fourth-order valence-corrected chi connectivity index (χ4v) is 5.19. The van der Waals surface area contributed by atoms with E-state index in [0.717, 1.165) is 9.80 Å². The summed E-state index contributed by atoms with van der Waals surface area (Å²) in [6.07, 6.45) is 2.05. The van der Waals surface area contributed by atoms with Gasteiger partial charge >= 0.3 is 6.09 Å². The monoisotopic (exact) mass is 624 g/mol. The van der Waals surface area contributed by atoms with Gasteiger partial charge in [-0.25, -0.2) is 28.4 Å². The molecule has 4 aromatic rings. The molecule has 1 aliphatic rings. The fourth-order valence-electron chi connectivity index (χ4n) is 5.00. The number of anilines is 1. The standard InChI is InChI=1S/C30H27ClF2N6O5/c1-17(40)22-15-38(24-8-7-20(12-21(22)24)44-30(43)37(2)29-34-9-4-10-35-29)16-26(41)39-14-19(32)11-25(39)28(42)36-13-18-5-3-6-23(31)27(18)33/h3-10,12,15,19,25H,11,13-14,16H2,1-2H3,(H,36,42)/t19-,25+/m1/s1. The van der Waals surface area contributed by atoms with Crippen molar-refractivity contribution in [2.24, 2.45) is 0 Å². The number of halogens is 3. The molecule has 1 aliphatic heterocycles. The Bertz CT molecular complexity index is 1750. The predicted molar refractivity (Wildman–Crippen MR) is 157 cm³/mol. The van der Waals surface area contributed by atoms with E-state index in [4.69, 9.17) is 16.3 Å². The summed E-state index contributed by atoms with van der Waals surface area (Å²) >= 11 is 5.80. The average Bonchev–Trinajstić information content (AvgIpc) is 3.58. The molecule has 0 spiro atoms. The number of aromatic nitrogens is 3. The molecular weight excluding hydrogens is 598 g/mol. The number of Topliss-reactive ketones (excluding diaryl/α,β-unsaturated/α-hetero) is 1. The lowest BCUT2D eigenvalue weighted by atomic mass is 10.1. The van der Waals surface area contributed by atoms with E-state index in [9.17, 15) is 28.0 Å². The van der Waals surface area contributed by atoms with Crippen LogP contribution in [0, 0.1) is 5.82 Å². The number of benzene rings is 2. The minimum atomic E-state index is -1.43. The molecule has 0 bridgehead atoms. The van der Waals surface area contributed by atoms with Crippen molar-refractivity contribution in [3.05, 3.63) is 83.0 Å².